The van der Waals surface area contributed by atoms with E-state index in [1.54, 1.807) is 4.68 Å². The van der Waals surface area contributed by atoms with Gasteiger partial charge in [-0.15, -0.1) is 5.10 Å². The van der Waals surface area contributed by atoms with Crippen LogP contribution in [0.1, 0.15) is 13.3 Å². The van der Waals surface area contributed by atoms with Crippen LogP contribution in [0.4, 0.5) is 5.69 Å². The molecule has 1 heterocycles. The van der Waals surface area contributed by atoms with E-state index in [0.29, 0.717) is 23.2 Å². The second kappa shape index (κ2) is 9.00. The molecule has 1 aromatic heterocycles. The fourth-order valence-corrected chi connectivity index (χ4v) is 2.92. The predicted octanol–water partition coefficient (Wildman–Crippen LogP) is 3.18. The first-order chi connectivity index (χ1) is 12.8. The summed E-state index contributed by atoms with van der Waals surface area (Å²) in [5, 5.41) is 15.1. The minimum absolute atomic E-state index is 0.148. The summed E-state index contributed by atoms with van der Waals surface area (Å²) < 4.78 is 7.26. The highest BCUT2D eigenvalue weighted by Gasteiger charge is 2.13. The van der Waals surface area contributed by atoms with Gasteiger partial charge in [0.15, 0.2) is 0 Å². The fraction of sp³-hybridized carbons (Fsp3) is 0.222. The molecule has 3 rings (SSSR count). The molecule has 0 aliphatic carbocycles. The largest absolute Gasteiger partial charge is 0.491 e. The van der Waals surface area contributed by atoms with E-state index in [9.17, 15) is 4.79 Å². The lowest BCUT2D eigenvalue weighted by Gasteiger charge is -2.11. The summed E-state index contributed by atoms with van der Waals surface area (Å²) in [4.78, 5) is 12.3. The molecular weight excluding hydrogens is 350 g/mol. The summed E-state index contributed by atoms with van der Waals surface area (Å²) in [6, 6.07) is 16.9. The van der Waals surface area contributed by atoms with Gasteiger partial charge in [-0.3, -0.25) is 4.79 Å². The highest BCUT2D eigenvalue weighted by atomic mass is 32.2. The number of para-hydroxylation sites is 3. The molecule has 1 N–H and O–H groups in total. The highest BCUT2D eigenvalue weighted by molar-refractivity contribution is 7.99. The second-order valence-electron chi connectivity index (χ2n) is 5.39. The molecule has 7 nitrogen and oxygen atoms in total. The number of aromatic nitrogens is 4. The Hall–Kier alpha value is -2.87. The van der Waals surface area contributed by atoms with Gasteiger partial charge in [-0.1, -0.05) is 49.0 Å². The van der Waals surface area contributed by atoms with E-state index in [4.69, 9.17) is 4.74 Å². The first-order valence-corrected chi connectivity index (χ1v) is 9.24. The summed E-state index contributed by atoms with van der Waals surface area (Å²) >= 11 is 1.27. The van der Waals surface area contributed by atoms with Crippen LogP contribution in [0.15, 0.2) is 59.8 Å². The number of benzene rings is 2. The van der Waals surface area contributed by atoms with Gasteiger partial charge >= 0.3 is 0 Å². The molecule has 0 aliphatic heterocycles. The predicted molar refractivity (Wildman–Crippen MR) is 101 cm³/mol. The van der Waals surface area contributed by atoms with E-state index in [2.05, 4.69) is 20.8 Å². The minimum atomic E-state index is -0.148. The smallest absolute Gasteiger partial charge is 0.234 e. The zero-order valence-corrected chi connectivity index (χ0v) is 15.1. The molecule has 0 bridgehead atoms. The van der Waals surface area contributed by atoms with Crippen molar-refractivity contribution in [2.45, 2.75) is 18.5 Å². The topological polar surface area (TPSA) is 81.9 Å². The van der Waals surface area contributed by atoms with Crippen LogP contribution in [0.5, 0.6) is 5.75 Å². The van der Waals surface area contributed by atoms with Gasteiger partial charge in [-0.05, 0) is 41.1 Å². The summed E-state index contributed by atoms with van der Waals surface area (Å²) in [7, 11) is 0. The fourth-order valence-electron chi connectivity index (χ4n) is 2.22. The third-order valence-corrected chi connectivity index (χ3v) is 4.32. The van der Waals surface area contributed by atoms with E-state index >= 15 is 0 Å². The number of amides is 1. The van der Waals surface area contributed by atoms with Crippen LogP contribution in [0.3, 0.4) is 0 Å². The molecule has 3 aromatic rings. The third-order valence-electron chi connectivity index (χ3n) is 3.40. The van der Waals surface area contributed by atoms with Gasteiger partial charge in [0.2, 0.25) is 11.1 Å². The lowest BCUT2D eigenvalue weighted by atomic mass is 10.3. The van der Waals surface area contributed by atoms with Crippen LogP contribution >= 0.6 is 11.8 Å². The molecule has 0 spiro atoms. The first-order valence-electron chi connectivity index (χ1n) is 8.26. The molecule has 26 heavy (non-hydrogen) atoms. The van der Waals surface area contributed by atoms with Crippen LogP contribution in [0, 0.1) is 0 Å². The molecule has 0 aliphatic rings. The Bertz CT molecular complexity index is 854. The molecule has 134 valence electrons. The molecule has 1 amide bonds. The monoisotopic (exact) mass is 369 g/mol. The third kappa shape index (κ3) is 4.60. The Morgan fingerprint density at radius 1 is 1.15 bits per heavy atom. The Morgan fingerprint density at radius 2 is 1.92 bits per heavy atom. The Kier molecular flexibility index (Phi) is 6.21. The van der Waals surface area contributed by atoms with Gasteiger partial charge < -0.3 is 10.1 Å². The highest BCUT2D eigenvalue weighted by Crippen LogP contribution is 2.25. The van der Waals surface area contributed by atoms with Crippen molar-refractivity contribution in [3.63, 3.8) is 0 Å². The van der Waals surface area contributed by atoms with Gasteiger partial charge in [0.05, 0.1) is 23.7 Å². The first kappa shape index (κ1) is 17.9. The second-order valence-corrected chi connectivity index (χ2v) is 6.33. The van der Waals surface area contributed by atoms with Crippen molar-refractivity contribution in [3.05, 3.63) is 54.6 Å². The van der Waals surface area contributed by atoms with Crippen molar-refractivity contribution in [1.29, 1.82) is 0 Å². The van der Waals surface area contributed by atoms with Crippen LogP contribution in [-0.2, 0) is 4.79 Å². The standard InChI is InChI=1S/C18H19N5O2S/c1-2-12-25-16-11-7-6-10-15(16)19-17(24)13-26-18-20-21-22-23(18)14-8-4-3-5-9-14/h3-11H,2,12-13H2,1H3,(H,19,24). The van der Waals surface area contributed by atoms with Crippen molar-refractivity contribution in [2.75, 3.05) is 17.7 Å². The number of rotatable bonds is 8. The zero-order chi connectivity index (χ0) is 18.2. The van der Waals surface area contributed by atoms with E-state index in [0.717, 1.165) is 12.1 Å². The van der Waals surface area contributed by atoms with E-state index in [-0.39, 0.29) is 11.7 Å². The molecular formula is C18H19N5O2S. The zero-order valence-electron chi connectivity index (χ0n) is 14.3. The summed E-state index contributed by atoms with van der Waals surface area (Å²) in [6.45, 7) is 2.64. The molecule has 0 radical (unpaired) electrons. The number of ether oxygens (including phenoxy) is 1. The van der Waals surface area contributed by atoms with Crippen molar-refractivity contribution < 1.29 is 9.53 Å². The number of hydrogen-bond donors (Lipinski definition) is 1. The number of carbonyl (C=O) groups excluding carboxylic acids is 1. The van der Waals surface area contributed by atoms with Gasteiger partial charge in [-0.2, -0.15) is 4.68 Å². The molecule has 0 atom stereocenters. The molecule has 2 aromatic carbocycles. The lowest BCUT2D eigenvalue weighted by molar-refractivity contribution is -0.113. The van der Waals surface area contributed by atoms with Gasteiger partial charge in [0, 0.05) is 0 Å². The molecule has 8 heteroatoms. The Labute approximate surface area is 155 Å². The molecule has 0 saturated carbocycles. The van der Waals surface area contributed by atoms with E-state index in [1.165, 1.54) is 11.8 Å². The Balaban J connectivity index is 1.62. The average molecular weight is 369 g/mol. The minimum Gasteiger partial charge on any atom is -0.491 e. The maximum Gasteiger partial charge on any atom is 0.234 e. The molecule has 0 saturated heterocycles. The normalized spacial score (nSPS) is 10.5. The summed E-state index contributed by atoms with van der Waals surface area (Å²) in [6.07, 6.45) is 0.903. The van der Waals surface area contributed by atoms with Crippen molar-refractivity contribution in [1.82, 2.24) is 20.2 Å². The van der Waals surface area contributed by atoms with E-state index in [1.807, 2.05) is 61.5 Å². The number of nitrogens with one attached hydrogen (secondary N) is 1. The quantitative estimate of drug-likeness (QED) is 0.614. The van der Waals surface area contributed by atoms with Gasteiger partial charge in [0.25, 0.3) is 0 Å². The summed E-state index contributed by atoms with van der Waals surface area (Å²) in [5.74, 6) is 0.710. The van der Waals surface area contributed by atoms with Crippen LogP contribution in [0.25, 0.3) is 5.69 Å². The van der Waals surface area contributed by atoms with Gasteiger partial charge in [0.1, 0.15) is 5.75 Å². The number of nitrogens with zero attached hydrogens (tertiary/aromatic N) is 4. The lowest BCUT2D eigenvalue weighted by Crippen LogP contribution is -2.15. The Morgan fingerprint density at radius 3 is 2.73 bits per heavy atom. The van der Waals surface area contributed by atoms with E-state index < -0.39 is 0 Å². The van der Waals surface area contributed by atoms with Crippen molar-refractivity contribution in [2.24, 2.45) is 0 Å². The average Bonchev–Trinajstić information content (AvgIpc) is 3.15. The molecule has 0 fully saturated rings. The summed E-state index contributed by atoms with van der Waals surface area (Å²) in [5.41, 5.74) is 1.51. The number of anilines is 1. The number of carbonyl (C=O) groups is 1. The van der Waals surface area contributed by atoms with Crippen LogP contribution in [0.2, 0.25) is 0 Å². The maximum absolute atomic E-state index is 12.3. The van der Waals surface area contributed by atoms with Crippen LogP contribution < -0.4 is 10.1 Å². The van der Waals surface area contributed by atoms with Gasteiger partial charge in [-0.25, -0.2) is 0 Å². The number of thioether (sulfide) groups is 1. The SMILES string of the molecule is CCCOc1ccccc1NC(=O)CSc1nnnn1-c1ccccc1. The van der Waals surface area contributed by atoms with Crippen molar-refractivity contribution >= 4 is 23.4 Å². The number of hydrogen-bond acceptors (Lipinski definition) is 6. The van der Waals surface area contributed by atoms with Crippen LogP contribution in [-0.4, -0.2) is 38.5 Å². The number of tetrazole rings is 1. The van der Waals surface area contributed by atoms with Crippen molar-refractivity contribution in [3.8, 4) is 11.4 Å². The maximum atomic E-state index is 12.3. The molecule has 0 unspecified atom stereocenters.